The van der Waals surface area contributed by atoms with E-state index < -0.39 is 0 Å². The number of aryl methyl sites for hydroxylation is 1. The van der Waals surface area contributed by atoms with Crippen molar-refractivity contribution in [2.24, 2.45) is 0 Å². The molecule has 0 fully saturated rings. The monoisotopic (exact) mass is 325 g/mol. The molecule has 0 atom stereocenters. The zero-order valence-electron chi connectivity index (χ0n) is 14.2. The number of hydrogen-bond donors (Lipinski definition) is 1. The van der Waals surface area contributed by atoms with Gasteiger partial charge in [-0.2, -0.15) is 0 Å². The van der Waals surface area contributed by atoms with Crippen molar-refractivity contribution in [2.45, 2.75) is 13.8 Å². The highest BCUT2D eigenvalue weighted by molar-refractivity contribution is 5.96. The van der Waals surface area contributed by atoms with Gasteiger partial charge in [0.15, 0.2) is 0 Å². The quantitative estimate of drug-likeness (QED) is 0.878. The molecule has 0 aliphatic carbocycles. The molecule has 1 heterocycles. The molecule has 0 saturated heterocycles. The third kappa shape index (κ3) is 3.30. The maximum atomic E-state index is 12.8. The van der Waals surface area contributed by atoms with Crippen molar-refractivity contribution in [3.8, 4) is 5.75 Å². The molecule has 2 N–H and O–H groups in total. The van der Waals surface area contributed by atoms with E-state index in [1.54, 1.807) is 0 Å². The summed E-state index contributed by atoms with van der Waals surface area (Å²) >= 11 is 0. The first-order valence-corrected chi connectivity index (χ1v) is 8.23. The molecule has 0 bridgehead atoms. The number of nitrogens with two attached hydrogens (primary N) is 1. The van der Waals surface area contributed by atoms with Gasteiger partial charge in [0, 0.05) is 24.0 Å². The van der Waals surface area contributed by atoms with Gasteiger partial charge in [-0.15, -0.1) is 0 Å². The van der Waals surface area contributed by atoms with Gasteiger partial charge in [-0.25, -0.2) is 0 Å². The van der Waals surface area contributed by atoms with Crippen molar-refractivity contribution in [3.63, 3.8) is 0 Å². The number of fused-ring (bicyclic) bond motifs is 1. The van der Waals surface area contributed by atoms with Gasteiger partial charge >= 0.3 is 0 Å². The molecule has 0 spiro atoms. The Balaban J connectivity index is 1.80. The van der Waals surface area contributed by atoms with Crippen molar-refractivity contribution in [1.29, 1.82) is 0 Å². The van der Waals surface area contributed by atoms with Crippen LogP contribution in [0.2, 0.25) is 0 Å². The van der Waals surface area contributed by atoms with Crippen LogP contribution in [0.15, 0.2) is 42.5 Å². The highest BCUT2D eigenvalue weighted by atomic mass is 16.5. The second-order valence-corrected chi connectivity index (χ2v) is 5.97. The van der Waals surface area contributed by atoms with Crippen LogP contribution < -0.4 is 20.3 Å². The molecule has 5 heteroatoms. The number of amides is 1. The lowest BCUT2D eigenvalue weighted by molar-refractivity contribution is -0.117. The summed E-state index contributed by atoms with van der Waals surface area (Å²) in [5.41, 5.74) is 9.48. The van der Waals surface area contributed by atoms with Gasteiger partial charge in [-0.3, -0.25) is 4.79 Å². The maximum Gasteiger partial charge on any atom is 0.246 e. The minimum atomic E-state index is 0.0766. The SMILES string of the molecule is CCN(C(=O)CN1CCOc2cc(N)ccc21)c1cccc(C)c1. The summed E-state index contributed by atoms with van der Waals surface area (Å²) in [5.74, 6) is 0.820. The lowest BCUT2D eigenvalue weighted by Crippen LogP contribution is -2.43. The number of nitrogens with zero attached hydrogens (tertiary/aromatic N) is 2. The summed E-state index contributed by atoms with van der Waals surface area (Å²) < 4.78 is 5.66. The Morgan fingerprint density at radius 1 is 1.29 bits per heavy atom. The molecule has 24 heavy (non-hydrogen) atoms. The highest BCUT2D eigenvalue weighted by Crippen LogP contribution is 2.33. The van der Waals surface area contributed by atoms with E-state index in [1.165, 1.54) is 0 Å². The largest absolute Gasteiger partial charge is 0.489 e. The topological polar surface area (TPSA) is 58.8 Å². The van der Waals surface area contributed by atoms with E-state index in [0.29, 0.717) is 31.9 Å². The van der Waals surface area contributed by atoms with Crippen LogP contribution in [0.3, 0.4) is 0 Å². The summed E-state index contributed by atoms with van der Waals surface area (Å²) in [6.45, 7) is 6.23. The van der Waals surface area contributed by atoms with E-state index in [2.05, 4.69) is 4.90 Å². The molecular weight excluding hydrogens is 302 g/mol. The minimum Gasteiger partial charge on any atom is -0.489 e. The van der Waals surface area contributed by atoms with Crippen molar-refractivity contribution in [2.75, 3.05) is 41.8 Å². The van der Waals surface area contributed by atoms with E-state index in [4.69, 9.17) is 10.5 Å². The average Bonchev–Trinajstić information content (AvgIpc) is 2.55. The van der Waals surface area contributed by atoms with Crippen molar-refractivity contribution in [1.82, 2.24) is 0 Å². The van der Waals surface area contributed by atoms with E-state index >= 15 is 0 Å². The molecule has 1 aliphatic rings. The van der Waals surface area contributed by atoms with Gasteiger partial charge in [0.05, 0.1) is 18.8 Å². The first-order valence-electron chi connectivity index (χ1n) is 8.23. The molecule has 0 aromatic heterocycles. The van der Waals surface area contributed by atoms with E-state index in [0.717, 1.165) is 22.7 Å². The fourth-order valence-electron chi connectivity index (χ4n) is 3.01. The molecule has 2 aromatic carbocycles. The fourth-order valence-corrected chi connectivity index (χ4v) is 3.01. The van der Waals surface area contributed by atoms with Gasteiger partial charge in [0.1, 0.15) is 12.4 Å². The Kier molecular flexibility index (Phi) is 4.60. The van der Waals surface area contributed by atoms with E-state index in [-0.39, 0.29) is 5.91 Å². The van der Waals surface area contributed by atoms with Gasteiger partial charge in [-0.05, 0) is 43.7 Å². The van der Waals surface area contributed by atoms with E-state index in [1.807, 2.05) is 61.2 Å². The molecule has 1 aliphatic heterocycles. The van der Waals surface area contributed by atoms with Crippen LogP contribution in [0.1, 0.15) is 12.5 Å². The average molecular weight is 325 g/mol. The Morgan fingerprint density at radius 2 is 2.12 bits per heavy atom. The number of nitrogen functional groups attached to an aromatic ring is 1. The Hall–Kier alpha value is -2.69. The summed E-state index contributed by atoms with van der Waals surface area (Å²) in [5, 5.41) is 0. The first-order chi connectivity index (χ1) is 11.6. The number of anilines is 3. The van der Waals surface area contributed by atoms with Gasteiger partial charge in [-0.1, -0.05) is 12.1 Å². The third-order valence-electron chi connectivity index (χ3n) is 4.20. The number of hydrogen-bond acceptors (Lipinski definition) is 4. The Labute approximate surface area is 142 Å². The number of carbonyl (C=O) groups is 1. The van der Waals surface area contributed by atoms with Crippen LogP contribution in [0.5, 0.6) is 5.75 Å². The first kappa shape index (κ1) is 16.2. The highest BCUT2D eigenvalue weighted by Gasteiger charge is 2.23. The molecule has 126 valence electrons. The molecule has 5 nitrogen and oxygen atoms in total. The van der Waals surface area contributed by atoms with Crippen LogP contribution in [-0.4, -0.2) is 32.1 Å². The predicted octanol–water partition coefficient (Wildman–Crippen LogP) is 2.83. The molecule has 0 radical (unpaired) electrons. The van der Waals surface area contributed by atoms with Crippen molar-refractivity contribution >= 4 is 23.0 Å². The standard InChI is InChI=1S/C19H23N3O2/c1-3-22(16-6-4-5-14(2)11-16)19(23)13-21-9-10-24-18-12-15(20)7-8-17(18)21/h4-8,11-12H,3,9-10,13,20H2,1-2H3. The lowest BCUT2D eigenvalue weighted by atomic mass is 10.2. The maximum absolute atomic E-state index is 12.8. The summed E-state index contributed by atoms with van der Waals surface area (Å²) in [6, 6.07) is 13.6. The minimum absolute atomic E-state index is 0.0766. The van der Waals surface area contributed by atoms with Crippen LogP contribution in [0.4, 0.5) is 17.1 Å². The second-order valence-electron chi connectivity index (χ2n) is 5.97. The molecule has 0 saturated carbocycles. The summed E-state index contributed by atoms with van der Waals surface area (Å²) in [7, 11) is 0. The van der Waals surface area contributed by atoms with Crippen LogP contribution >= 0.6 is 0 Å². The number of carbonyl (C=O) groups excluding carboxylic acids is 1. The van der Waals surface area contributed by atoms with E-state index in [9.17, 15) is 4.79 Å². The van der Waals surface area contributed by atoms with Gasteiger partial charge < -0.3 is 20.3 Å². The summed E-state index contributed by atoms with van der Waals surface area (Å²) in [4.78, 5) is 16.7. The molecule has 2 aromatic rings. The molecule has 3 rings (SSSR count). The van der Waals surface area contributed by atoms with Gasteiger partial charge in [0.2, 0.25) is 5.91 Å². The Bertz CT molecular complexity index is 745. The van der Waals surface area contributed by atoms with Crippen molar-refractivity contribution in [3.05, 3.63) is 48.0 Å². The zero-order valence-corrected chi connectivity index (χ0v) is 14.2. The van der Waals surface area contributed by atoms with Gasteiger partial charge in [0.25, 0.3) is 0 Å². The zero-order chi connectivity index (χ0) is 17.1. The number of rotatable bonds is 4. The van der Waals surface area contributed by atoms with Crippen LogP contribution in [-0.2, 0) is 4.79 Å². The Morgan fingerprint density at radius 3 is 2.88 bits per heavy atom. The lowest BCUT2D eigenvalue weighted by Gasteiger charge is -2.32. The smallest absolute Gasteiger partial charge is 0.246 e. The normalized spacial score (nSPS) is 13.2. The molecule has 1 amide bonds. The van der Waals surface area contributed by atoms with Crippen molar-refractivity contribution < 1.29 is 9.53 Å². The fraction of sp³-hybridized carbons (Fsp3) is 0.316. The predicted molar refractivity (Wildman–Crippen MR) is 97.8 cm³/mol. The molecular formula is C19H23N3O2. The number of ether oxygens (including phenoxy) is 1. The third-order valence-corrected chi connectivity index (χ3v) is 4.20. The molecule has 0 unspecified atom stereocenters. The van der Waals surface area contributed by atoms with Crippen LogP contribution in [0, 0.1) is 6.92 Å². The summed E-state index contributed by atoms with van der Waals surface area (Å²) in [6.07, 6.45) is 0. The number of benzene rings is 2. The number of likely N-dealkylation sites (N-methyl/N-ethyl adjacent to an activating group) is 1. The second kappa shape index (κ2) is 6.83. The van der Waals surface area contributed by atoms with Crippen LogP contribution in [0.25, 0.3) is 0 Å².